The Morgan fingerprint density at radius 1 is 0.714 bits per heavy atom. The van der Waals surface area contributed by atoms with Gasteiger partial charge in [0.25, 0.3) is 0 Å². The molecule has 0 amide bonds. The Morgan fingerprint density at radius 3 is 1.07 bits per heavy atom. The number of nitrogens with zero attached hydrogens (tertiary/aromatic N) is 2. The van der Waals surface area contributed by atoms with Gasteiger partial charge in [-0.2, -0.15) is 0 Å². The summed E-state index contributed by atoms with van der Waals surface area (Å²) in [5, 5.41) is 5.68. The summed E-state index contributed by atoms with van der Waals surface area (Å²) in [6.07, 6.45) is 0. The second-order valence-electron chi connectivity index (χ2n) is 5.33. The summed E-state index contributed by atoms with van der Waals surface area (Å²) in [5.74, 6) is 0. The molecule has 0 radical (unpaired) electrons. The molecule has 6 nitrogen and oxygen atoms in total. The van der Waals surface area contributed by atoms with Crippen LogP contribution >= 0.6 is 98.6 Å². The number of nitrogens with two attached hydrogens (primary N) is 2. The Hall–Kier alpha value is 1.29. The van der Waals surface area contributed by atoms with Gasteiger partial charge in [0.15, 0.2) is 0 Å². The van der Waals surface area contributed by atoms with Crippen molar-refractivity contribution in [3.05, 3.63) is 0 Å². The van der Waals surface area contributed by atoms with Crippen molar-refractivity contribution in [1.29, 1.82) is 0 Å². The van der Waals surface area contributed by atoms with Crippen LogP contribution in [0, 0.1) is 0 Å². The number of hydrogen-bond acceptors (Lipinski definition) is 6. The van der Waals surface area contributed by atoms with Gasteiger partial charge >= 0.3 is 147 Å². The van der Waals surface area contributed by atoms with E-state index < -0.39 is 34.3 Å². The molecule has 0 saturated heterocycles. The molecule has 0 heterocycles. The van der Waals surface area contributed by atoms with Crippen LogP contribution in [0.25, 0.3) is 0 Å². The molecule has 28 heavy (non-hydrogen) atoms. The van der Waals surface area contributed by atoms with E-state index in [2.05, 4.69) is 60.3 Å². The first kappa shape index (κ1) is 33.9. The Kier molecular flexibility index (Phi) is 26.1. The van der Waals surface area contributed by atoms with Gasteiger partial charge in [-0.15, -0.1) is 25.3 Å². The number of rotatable bonds is 7. The van der Waals surface area contributed by atoms with Crippen LogP contribution in [-0.2, 0) is 34.3 Å². The SMILES string of the molecule is CN(C)[C](=S)[Zn][C](N)=S.CN(C)[C](=S)[Zn][C](N)=S.S=C(S)NCCNC(=S)S. The fraction of sp³-hybridized carbons (Fsp3) is 0.500. The van der Waals surface area contributed by atoms with Gasteiger partial charge in [-0.25, -0.2) is 0 Å². The molecular weight excluding hydrogens is 615 g/mol. The molecule has 0 aromatic rings. The van der Waals surface area contributed by atoms with Gasteiger partial charge in [-0.3, -0.25) is 0 Å². The van der Waals surface area contributed by atoms with Gasteiger partial charge in [0.1, 0.15) is 8.64 Å². The number of nitrogens with one attached hydrogen (secondary N) is 2. The van der Waals surface area contributed by atoms with Crippen LogP contribution in [0.3, 0.4) is 0 Å². The molecule has 0 atom stereocenters. The van der Waals surface area contributed by atoms with E-state index in [4.69, 9.17) is 60.3 Å². The van der Waals surface area contributed by atoms with E-state index >= 15 is 0 Å². The second-order valence-corrected chi connectivity index (χ2v) is 21.4. The predicted molar refractivity (Wildman–Crippen MR) is 145 cm³/mol. The molecule has 0 aliphatic carbocycles. The minimum Gasteiger partial charge on any atom is -0.369 e. The van der Waals surface area contributed by atoms with E-state index in [1.165, 1.54) is 0 Å². The van der Waals surface area contributed by atoms with E-state index in [-0.39, 0.29) is 0 Å². The van der Waals surface area contributed by atoms with Crippen LogP contribution in [0.4, 0.5) is 0 Å². The minimum absolute atomic E-state index is 0.492. The van der Waals surface area contributed by atoms with Crippen LogP contribution in [0.5, 0.6) is 0 Å². The zero-order valence-corrected chi connectivity index (χ0v) is 28.8. The normalized spacial score (nSPS) is 8.07. The van der Waals surface area contributed by atoms with E-state index in [9.17, 15) is 0 Å². The third kappa shape index (κ3) is 32.0. The first-order valence-electron chi connectivity index (χ1n) is 7.61. The third-order valence-electron chi connectivity index (χ3n) is 2.33. The molecule has 6 N–H and O–H groups in total. The van der Waals surface area contributed by atoms with Crippen molar-refractivity contribution in [2.75, 3.05) is 41.3 Å². The first-order chi connectivity index (χ1) is 12.7. The van der Waals surface area contributed by atoms with Crippen molar-refractivity contribution in [3.8, 4) is 0 Å². The molecule has 0 aliphatic heterocycles. The Labute approximate surface area is 226 Å². The maximum atomic E-state index is 5.33. The fourth-order valence-corrected chi connectivity index (χ4v) is 7.95. The summed E-state index contributed by atoms with van der Waals surface area (Å²) in [6.45, 7) is 1.42. The van der Waals surface area contributed by atoms with Crippen LogP contribution in [-0.4, -0.2) is 74.1 Å². The number of hydrogen-bond donors (Lipinski definition) is 6. The van der Waals surface area contributed by atoms with Crippen molar-refractivity contribution >= 4 is 122 Å². The van der Waals surface area contributed by atoms with Crippen molar-refractivity contribution in [3.63, 3.8) is 0 Å². The summed E-state index contributed by atoms with van der Waals surface area (Å²) < 4.78 is 4.20. The molecule has 0 spiro atoms. The van der Waals surface area contributed by atoms with Gasteiger partial charge in [0.2, 0.25) is 0 Å². The molecule has 154 valence electrons. The Morgan fingerprint density at radius 2 is 0.964 bits per heavy atom. The largest absolute Gasteiger partial charge is 0.369 e. The molecule has 0 bridgehead atoms. The molecule has 0 aromatic heterocycles. The molecule has 0 aromatic carbocycles. The van der Waals surface area contributed by atoms with Crippen LogP contribution < -0.4 is 22.1 Å². The summed E-state index contributed by atoms with van der Waals surface area (Å²) in [5.41, 5.74) is 10.7. The van der Waals surface area contributed by atoms with E-state index in [1.807, 2.05) is 38.0 Å². The second kappa shape index (κ2) is 21.5. The molecule has 0 unspecified atom stereocenters. The average Bonchev–Trinajstić information content (AvgIpc) is 2.51. The number of thiol groups is 2. The topological polar surface area (TPSA) is 82.6 Å². The van der Waals surface area contributed by atoms with E-state index in [1.54, 1.807) is 0 Å². The van der Waals surface area contributed by atoms with Gasteiger partial charge in [-0.1, -0.05) is 24.4 Å². The average molecular weight is 640 g/mol. The molecule has 16 heteroatoms. The maximum absolute atomic E-state index is 5.33. The van der Waals surface area contributed by atoms with Gasteiger partial charge in [0.05, 0.1) is 0 Å². The van der Waals surface area contributed by atoms with Gasteiger partial charge in [-0.05, 0) is 0 Å². The fourth-order valence-electron chi connectivity index (χ4n) is 0.953. The predicted octanol–water partition coefficient (Wildman–Crippen LogP) is 0.913. The molecule has 0 saturated carbocycles. The van der Waals surface area contributed by atoms with E-state index in [0.29, 0.717) is 28.9 Å². The maximum Gasteiger partial charge on any atom is 0.130 e. The van der Waals surface area contributed by atoms with Crippen molar-refractivity contribution < 1.29 is 34.3 Å². The summed E-state index contributed by atoms with van der Waals surface area (Å²) in [6, 6.07) is 0. The van der Waals surface area contributed by atoms with Crippen molar-refractivity contribution in [1.82, 2.24) is 20.4 Å². The van der Waals surface area contributed by atoms with Gasteiger partial charge < -0.3 is 10.6 Å². The Balaban J connectivity index is -0.000000336. The Bertz CT molecular complexity index is 510. The summed E-state index contributed by atoms with van der Waals surface area (Å²) >= 11 is 34.5. The smallest absolute Gasteiger partial charge is 0.130 e. The first-order valence-corrected chi connectivity index (χ1v) is 16.9. The zero-order valence-electron chi connectivity index (χ0n) is 16.2. The summed E-state index contributed by atoms with van der Waals surface area (Å²) in [7, 11) is 7.69. The molecule has 0 rings (SSSR count). The van der Waals surface area contributed by atoms with Crippen LogP contribution in [0.2, 0.25) is 0 Å². The minimum atomic E-state index is -1.01. The summed E-state index contributed by atoms with van der Waals surface area (Å²) in [4.78, 5) is 3.82. The quantitative estimate of drug-likeness (QED) is 0.104. The molecule has 0 fully saturated rings. The van der Waals surface area contributed by atoms with Crippen LogP contribution in [0.15, 0.2) is 0 Å². The van der Waals surface area contributed by atoms with Crippen molar-refractivity contribution in [2.45, 2.75) is 0 Å². The molecule has 0 aliphatic rings. The van der Waals surface area contributed by atoms with E-state index in [0.717, 1.165) is 7.17 Å². The van der Waals surface area contributed by atoms with Crippen LogP contribution in [0.1, 0.15) is 0 Å². The third-order valence-corrected chi connectivity index (χ3v) is 12.0. The zero-order chi connectivity index (χ0) is 22.9. The monoisotopic (exact) mass is 636 g/mol. The number of thiocarbonyl (C=S) groups is 6. The van der Waals surface area contributed by atoms with Crippen molar-refractivity contribution in [2.24, 2.45) is 11.5 Å². The van der Waals surface area contributed by atoms with Gasteiger partial charge in [0, 0.05) is 13.1 Å². The standard InChI is InChI=1S/C4H8N2S4.2C3H6NS.2CH2NS.2Zn/c7-3(8)5-1-2-6-4(9)10;2*1-4(2)3-5;2*2-1-3;;/h1-2H2,(H2,5,7,8)(H2,6,9,10);2*1-2H3;2*(H2,2,3);;. The molecular formula is C12H24N6S8Zn2.